The second kappa shape index (κ2) is 6.05. The lowest BCUT2D eigenvalue weighted by atomic mass is 9.98. The van der Waals surface area contributed by atoms with E-state index in [0.717, 1.165) is 6.07 Å². The number of halogens is 2. The molecule has 0 bridgehead atoms. The van der Waals surface area contributed by atoms with Gasteiger partial charge in [-0.25, -0.2) is 8.78 Å². The Morgan fingerprint density at radius 1 is 1.12 bits per heavy atom. The summed E-state index contributed by atoms with van der Waals surface area (Å²) in [6.07, 6.45) is 0.512. The van der Waals surface area contributed by atoms with Gasteiger partial charge < -0.3 is 15.5 Å². The van der Waals surface area contributed by atoms with E-state index in [9.17, 15) is 19.0 Å². The summed E-state index contributed by atoms with van der Waals surface area (Å²) >= 11 is 0. The van der Waals surface area contributed by atoms with Crippen molar-refractivity contribution in [3.05, 3.63) is 35.4 Å². The molecule has 0 aliphatic heterocycles. The summed E-state index contributed by atoms with van der Waals surface area (Å²) in [5, 5.41) is 21.3. The zero-order valence-electron chi connectivity index (χ0n) is 9.71. The van der Waals surface area contributed by atoms with Crippen molar-refractivity contribution in [2.45, 2.75) is 25.4 Å². The monoisotopic (exact) mass is 245 g/mol. The lowest BCUT2D eigenvalue weighted by molar-refractivity contribution is 0.0864. The molecule has 0 aliphatic carbocycles. The first-order valence-electron chi connectivity index (χ1n) is 5.47. The average molecular weight is 245 g/mol. The van der Waals surface area contributed by atoms with E-state index in [1.165, 1.54) is 12.1 Å². The fraction of sp³-hybridized carbons (Fsp3) is 0.500. The van der Waals surface area contributed by atoms with Crippen LogP contribution in [0.15, 0.2) is 18.2 Å². The topological polar surface area (TPSA) is 52.5 Å². The van der Waals surface area contributed by atoms with Crippen LogP contribution in [0.1, 0.15) is 18.9 Å². The molecule has 1 aromatic carbocycles. The van der Waals surface area contributed by atoms with Crippen molar-refractivity contribution in [3.63, 3.8) is 0 Å². The second-order valence-electron chi connectivity index (χ2n) is 4.08. The van der Waals surface area contributed by atoms with Crippen LogP contribution in [0, 0.1) is 11.6 Å². The average Bonchev–Trinajstić information content (AvgIpc) is 2.30. The van der Waals surface area contributed by atoms with Gasteiger partial charge in [0.25, 0.3) is 0 Å². The highest BCUT2D eigenvalue weighted by atomic mass is 19.1. The van der Waals surface area contributed by atoms with Gasteiger partial charge in [-0.15, -0.1) is 0 Å². The Morgan fingerprint density at radius 3 is 2.06 bits per heavy atom. The molecular weight excluding hydrogens is 228 g/mol. The number of rotatable bonds is 6. The summed E-state index contributed by atoms with van der Waals surface area (Å²) in [5.74, 6) is -1.28. The summed E-state index contributed by atoms with van der Waals surface area (Å²) in [6.45, 7) is 1.52. The molecule has 0 heterocycles. The van der Waals surface area contributed by atoms with Gasteiger partial charge in [0.2, 0.25) is 0 Å². The highest BCUT2D eigenvalue weighted by Gasteiger charge is 2.25. The number of aliphatic hydroxyl groups excluding tert-OH is 2. The van der Waals surface area contributed by atoms with Crippen LogP contribution in [0.2, 0.25) is 0 Å². The highest BCUT2D eigenvalue weighted by Crippen LogP contribution is 2.12. The van der Waals surface area contributed by atoms with Gasteiger partial charge in [-0.1, -0.05) is 6.92 Å². The fourth-order valence-corrected chi connectivity index (χ4v) is 1.51. The number of hydrogen-bond acceptors (Lipinski definition) is 3. The van der Waals surface area contributed by atoms with E-state index in [-0.39, 0.29) is 19.8 Å². The van der Waals surface area contributed by atoms with Crippen molar-refractivity contribution in [1.29, 1.82) is 0 Å². The Hall–Kier alpha value is -1.04. The summed E-state index contributed by atoms with van der Waals surface area (Å²) in [7, 11) is 0. The molecule has 0 amide bonds. The Labute approximate surface area is 99.1 Å². The lowest BCUT2D eigenvalue weighted by Crippen LogP contribution is -2.50. The van der Waals surface area contributed by atoms with Gasteiger partial charge in [0.05, 0.1) is 18.8 Å². The number of benzene rings is 1. The van der Waals surface area contributed by atoms with Crippen LogP contribution >= 0.6 is 0 Å². The number of aliphatic hydroxyl groups is 2. The van der Waals surface area contributed by atoms with Gasteiger partial charge in [-0.05, 0) is 24.1 Å². The molecule has 0 unspecified atom stereocenters. The predicted molar refractivity (Wildman–Crippen MR) is 60.4 cm³/mol. The third-order valence-corrected chi connectivity index (χ3v) is 2.87. The molecule has 5 heteroatoms. The molecule has 0 fully saturated rings. The van der Waals surface area contributed by atoms with Gasteiger partial charge >= 0.3 is 0 Å². The highest BCUT2D eigenvalue weighted by molar-refractivity contribution is 5.18. The quantitative estimate of drug-likeness (QED) is 0.705. The van der Waals surface area contributed by atoms with Crippen molar-refractivity contribution in [2.75, 3.05) is 13.2 Å². The molecule has 3 nitrogen and oxygen atoms in total. The summed E-state index contributed by atoms with van der Waals surface area (Å²) in [4.78, 5) is 0. The van der Waals surface area contributed by atoms with Gasteiger partial charge in [-0.2, -0.15) is 0 Å². The van der Waals surface area contributed by atoms with Crippen LogP contribution in [0.4, 0.5) is 8.78 Å². The van der Waals surface area contributed by atoms with Gasteiger partial charge in [0.15, 0.2) is 0 Å². The first-order valence-corrected chi connectivity index (χ1v) is 5.47. The van der Waals surface area contributed by atoms with Crippen LogP contribution in [-0.4, -0.2) is 29.0 Å². The first kappa shape index (κ1) is 14.0. The Bertz CT molecular complexity index is 339. The van der Waals surface area contributed by atoms with Crippen LogP contribution < -0.4 is 5.32 Å². The minimum Gasteiger partial charge on any atom is -0.394 e. The molecule has 0 radical (unpaired) electrons. The molecule has 3 N–H and O–H groups in total. The minimum absolute atomic E-state index is 0.184. The maximum absolute atomic E-state index is 12.9. The molecule has 0 aliphatic rings. The molecular formula is C12H17F2NO2. The maximum Gasteiger partial charge on any atom is 0.126 e. The van der Waals surface area contributed by atoms with E-state index in [1.807, 2.05) is 6.92 Å². The van der Waals surface area contributed by atoms with Crippen molar-refractivity contribution in [3.8, 4) is 0 Å². The predicted octanol–water partition coefficient (Wildman–Crippen LogP) is 1.19. The number of hydrogen-bond donors (Lipinski definition) is 3. The van der Waals surface area contributed by atoms with E-state index >= 15 is 0 Å². The molecule has 0 saturated carbocycles. The molecule has 0 aromatic heterocycles. The normalized spacial score (nSPS) is 11.8. The van der Waals surface area contributed by atoms with E-state index in [2.05, 4.69) is 5.32 Å². The van der Waals surface area contributed by atoms with E-state index in [4.69, 9.17) is 0 Å². The molecule has 1 rings (SSSR count). The third kappa shape index (κ3) is 3.73. The molecule has 1 aromatic rings. The standard InChI is InChI=1S/C12H17F2NO2/c1-2-12(7-16,8-17)15-6-9-3-10(13)5-11(14)4-9/h3-5,15-17H,2,6-8H2,1H3. The van der Waals surface area contributed by atoms with Gasteiger partial charge in [0, 0.05) is 12.6 Å². The van der Waals surface area contributed by atoms with E-state index < -0.39 is 17.2 Å². The molecule has 0 atom stereocenters. The van der Waals surface area contributed by atoms with Gasteiger partial charge in [-0.3, -0.25) is 0 Å². The summed E-state index contributed by atoms with van der Waals surface area (Å²) in [5.41, 5.74) is -0.384. The molecule has 0 spiro atoms. The SMILES string of the molecule is CCC(CO)(CO)NCc1cc(F)cc(F)c1. The summed E-state index contributed by atoms with van der Waals surface area (Å²) < 4.78 is 25.9. The summed E-state index contributed by atoms with van der Waals surface area (Å²) in [6, 6.07) is 3.23. The minimum atomic E-state index is -0.817. The van der Waals surface area contributed by atoms with Crippen molar-refractivity contribution in [1.82, 2.24) is 5.32 Å². The zero-order chi connectivity index (χ0) is 12.9. The fourth-order valence-electron chi connectivity index (χ4n) is 1.51. The molecule has 17 heavy (non-hydrogen) atoms. The number of nitrogens with one attached hydrogen (secondary N) is 1. The van der Waals surface area contributed by atoms with Crippen LogP contribution in [0.25, 0.3) is 0 Å². The Kier molecular flexibility index (Phi) is 4.99. The van der Waals surface area contributed by atoms with Gasteiger partial charge in [0.1, 0.15) is 11.6 Å². The third-order valence-electron chi connectivity index (χ3n) is 2.87. The van der Waals surface area contributed by atoms with Crippen molar-refractivity contribution < 1.29 is 19.0 Å². The zero-order valence-corrected chi connectivity index (χ0v) is 9.71. The Balaban J connectivity index is 2.71. The molecule has 96 valence electrons. The van der Waals surface area contributed by atoms with E-state index in [1.54, 1.807) is 0 Å². The largest absolute Gasteiger partial charge is 0.394 e. The lowest BCUT2D eigenvalue weighted by Gasteiger charge is -2.29. The van der Waals surface area contributed by atoms with Crippen LogP contribution in [-0.2, 0) is 6.54 Å². The smallest absolute Gasteiger partial charge is 0.126 e. The van der Waals surface area contributed by atoms with Crippen LogP contribution in [0.3, 0.4) is 0 Å². The van der Waals surface area contributed by atoms with Crippen molar-refractivity contribution in [2.24, 2.45) is 0 Å². The molecule has 0 saturated heterocycles. The van der Waals surface area contributed by atoms with E-state index in [0.29, 0.717) is 12.0 Å². The van der Waals surface area contributed by atoms with Crippen LogP contribution in [0.5, 0.6) is 0 Å². The van der Waals surface area contributed by atoms with Crippen molar-refractivity contribution >= 4 is 0 Å². The Morgan fingerprint density at radius 2 is 1.65 bits per heavy atom. The second-order valence-corrected chi connectivity index (χ2v) is 4.08. The first-order chi connectivity index (χ1) is 8.05. The maximum atomic E-state index is 12.9.